The van der Waals surface area contributed by atoms with Crippen LogP contribution in [0.2, 0.25) is 37.8 Å². The standard InChI is InChI=1S/C21H42O4Si2.C6H16N2.2O.Os/c1-16(11-10-14-25-27(8,9)20(2,3)4)18-15-17(22)12-13-21(18,24)19(23)26(5,6)7;1-7(2)5-6-8(3)4;;;/h11,15,17,19,22-24H,10,12-14H2,1-9H3;5-6H2,1-4H3;;;/q;;;;+2/b16-11+;;;;/t17-,19?,21?;;;;/m1..../s1. The van der Waals surface area contributed by atoms with Crippen molar-refractivity contribution >= 4 is 16.4 Å². The van der Waals surface area contributed by atoms with Gasteiger partial charge in [-0.2, -0.15) is 0 Å². The molecule has 1 rings (SSSR count). The first-order chi connectivity index (χ1) is 17.1. The van der Waals surface area contributed by atoms with E-state index < -0.39 is 51.1 Å². The molecule has 226 valence electrons. The van der Waals surface area contributed by atoms with Crippen molar-refractivity contribution in [2.45, 2.75) is 102 Å². The molecule has 0 fully saturated rings. The second-order valence-electron chi connectivity index (χ2n) is 13.3. The van der Waals surface area contributed by atoms with E-state index in [1.807, 2.05) is 6.92 Å². The molecule has 0 saturated heterocycles. The minimum absolute atomic E-state index is 0.184. The van der Waals surface area contributed by atoms with Gasteiger partial charge >= 0.3 is 24.4 Å². The minimum atomic E-state index is -2.08. The molecule has 1 aliphatic carbocycles. The Balaban J connectivity index is 0. The topological polar surface area (TPSA) is 111 Å². The zero-order valence-electron chi connectivity index (χ0n) is 26.4. The van der Waals surface area contributed by atoms with Crippen LogP contribution in [-0.4, -0.2) is 107 Å². The van der Waals surface area contributed by atoms with Crippen molar-refractivity contribution in [3.05, 3.63) is 23.3 Å². The summed E-state index contributed by atoms with van der Waals surface area (Å²) in [5.74, 6) is 0. The molecule has 0 spiro atoms. The summed E-state index contributed by atoms with van der Waals surface area (Å²) in [5.41, 5.74) is -0.434. The molecule has 0 radical (unpaired) electrons. The number of nitrogens with zero attached hydrogens (tertiary/aromatic N) is 2. The molecule has 0 bridgehead atoms. The third-order valence-corrected chi connectivity index (χ3v) is 13.8. The van der Waals surface area contributed by atoms with Crippen LogP contribution in [0.15, 0.2) is 23.3 Å². The van der Waals surface area contributed by atoms with Gasteiger partial charge in [0.15, 0.2) is 8.32 Å². The van der Waals surface area contributed by atoms with Crippen LogP contribution >= 0.6 is 0 Å². The summed E-state index contributed by atoms with van der Waals surface area (Å²) >= 11 is -2.08. The number of likely N-dealkylation sites (N-methyl/N-ethyl adjacent to an activating group) is 2. The summed E-state index contributed by atoms with van der Waals surface area (Å²) in [6, 6.07) is 0. The third kappa shape index (κ3) is 15.1. The summed E-state index contributed by atoms with van der Waals surface area (Å²) in [6.07, 6.45) is 4.85. The summed E-state index contributed by atoms with van der Waals surface area (Å²) < 4.78 is 23.3. The van der Waals surface area contributed by atoms with Crippen LogP contribution in [0.3, 0.4) is 0 Å². The summed E-state index contributed by atoms with van der Waals surface area (Å²) in [6.45, 7) is 22.3. The van der Waals surface area contributed by atoms with Crippen LogP contribution < -0.4 is 0 Å². The van der Waals surface area contributed by atoms with Crippen molar-refractivity contribution < 1.29 is 44.1 Å². The molecule has 0 aromatic rings. The van der Waals surface area contributed by atoms with E-state index in [-0.39, 0.29) is 5.04 Å². The molecule has 11 heteroatoms. The fourth-order valence-corrected chi connectivity index (χ4v) is 6.51. The zero-order chi connectivity index (χ0) is 30.5. The SMILES string of the molecule is C/C(=C\CCO[Si](C)(C)C(C)(C)C)C1=C[C@H](O)CCC1(O)C(O)[Si](C)(C)C.CN(C)CCN(C)C.[O]=[Os+2]=[O]. The van der Waals surface area contributed by atoms with Gasteiger partial charge in [0, 0.05) is 19.7 Å². The van der Waals surface area contributed by atoms with Crippen LogP contribution in [0, 0.1) is 0 Å². The number of hydrogen-bond acceptors (Lipinski definition) is 8. The average molecular weight is 753 g/mol. The van der Waals surface area contributed by atoms with Gasteiger partial charge in [-0.3, -0.25) is 0 Å². The van der Waals surface area contributed by atoms with E-state index in [4.69, 9.17) is 11.5 Å². The van der Waals surface area contributed by atoms with Crippen molar-refractivity contribution in [1.82, 2.24) is 9.80 Å². The number of aliphatic hydroxyl groups excluding tert-OH is 2. The molecular weight excluding hydrogens is 695 g/mol. The van der Waals surface area contributed by atoms with Crippen LogP contribution in [0.25, 0.3) is 0 Å². The Labute approximate surface area is 243 Å². The first kappa shape index (κ1) is 40.1. The molecule has 8 nitrogen and oxygen atoms in total. The molecule has 3 atom stereocenters. The Hall–Kier alpha value is -0.0899. The van der Waals surface area contributed by atoms with Crippen LogP contribution in [0.5, 0.6) is 0 Å². The molecule has 0 amide bonds. The first-order valence-corrected chi connectivity index (χ1v) is 21.9. The van der Waals surface area contributed by atoms with Crippen molar-refractivity contribution in [2.24, 2.45) is 0 Å². The van der Waals surface area contributed by atoms with E-state index >= 15 is 0 Å². The van der Waals surface area contributed by atoms with E-state index in [1.54, 1.807) is 6.08 Å². The van der Waals surface area contributed by atoms with Gasteiger partial charge in [0.2, 0.25) is 0 Å². The fourth-order valence-electron chi connectivity index (χ4n) is 3.71. The Kier molecular flexibility index (Phi) is 18.6. The Morgan fingerprint density at radius 3 is 1.95 bits per heavy atom. The monoisotopic (exact) mass is 754 g/mol. The molecule has 0 aromatic heterocycles. The molecule has 0 aromatic carbocycles. The van der Waals surface area contributed by atoms with Gasteiger partial charge in [-0.15, -0.1) is 0 Å². The first-order valence-electron chi connectivity index (χ1n) is 13.4. The van der Waals surface area contributed by atoms with Crippen LogP contribution in [0.4, 0.5) is 0 Å². The van der Waals surface area contributed by atoms with E-state index in [0.29, 0.717) is 25.0 Å². The van der Waals surface area contributed by atoms with E-state index in [2.05, 4.69) is 97.6 Å². The van der Waals surface area contributed by atoms with Crippen LogP contribution in [0.1, 0.15) is 47.0 Å². The van der Waals surface area contributed by atoms with Crippen molar-refractivity contribution in [3.63, 3.8) is 0 Å². The molecule has 2 unspecified atom stereocenters. The Morgan fingerprint density at radius 2 is 1.58 bits per heavy atom. The average Bonchev–Trinajstić information content (AvgIpc) is 2.76. The predicted octanol–water partition coefficient (Wildman–Crippen LogP) is 4.26. The maximum atomic E-state index is 11.4. The van der Waals surface area contributed by atoms with Gasteiger partial charge < -0.3 is 29.5 Å². The quantitative estimate of drug-likeness (QED) is 0.225. The second-order valence-corrected chi connectivity index (χ2v) is 23.8. The molecule has 0 saturated carbocycles. The van der Waals surface area contributed by atoms with Gasteiger partial charge in [0.05, 0.1) is 19.9 Å². The van der Waals surface area contributed by atoms with E-state index in [0.717, 1.165) is 25.1 Å². The molecule has 3 N–H and O–H groups in total. The number of rotatable bonds is 10. The maximum absolute atomic E-state index is 11.4. The Bertz CT molecular complexity index is 777. The van der Waals surface area contributed by atoms with Gasteiger partial charge in [0.1, 0.15) is 5.60 Å². The number of aliphatic hydroxyl groups is 3. The Morgan fingerprint density at radius 1 is 1.13 bits per heavy atom. The van der Waals surface area contributed by atoms with Gasteiger partial charge in [-0.25, -0.2) is 0 Å². The zero-order valence-corrected chi connectivity index (χ0v) is 30.9. The third-order valence-electron chi connectivity index (χ3n) is 7.18. The van der Waals surface area contributed by atoms with E-state index in [9.17, 15) is 15.3 Å². The molecule has 38 heavy (non-hydrogen) atoms. The summed E-state index contributed by atoms with van der Waals surface area (Å²) in [4.78, 5) is 4.36. The van der Waals surface area contributed by atoms with Crippen LogP contribution in [-0.2, 0) is 28.8 Å². The second kappa shape index (κ2) is 17.7. The van der Waals surface area contributed by atoms with Gasteiger partial charge in [-0.1, -0.05) is 46.5 Å². The van der Waals surface area contributed by atoms with Gasteiger partial charge in [0.25, 0.3) is 0 Å². The molecule has 0 heterocycles. The van der Waals surface area contributed by atoms with Crippen molar-refractivity contribution in [3.8, 4) is 0 Å². The fraction of sp³-hybridized carbons (Fsp3) is 0.852. The summed E-state index contributed by atoms with van der Waals surface area (Å²) in [5, 5.41) is 32.5. The normalized spacial score (nSPS) is 21.7. The van der Waals surface area contributed by atoms with Gasteiger partial charge in [-0.05, 0) is 89.7 Å². The summed E-state index contributed by atoms with van der Waals surface area (Å²) in [7, 11) is 4.60. The number of hydrogen-bond donors (Lipinski definition) is 3. The van der Waals surface area contributed by atoms with Crippen molar-refractivity contribution in [2.75, 3.05) is 47.9 Å². The van der Waals surface area contributed by atoms with Crippen molar-refractivity contribution in [1.29, 1.82) is 0 Å². The molecule has 0 aliphatic heterocycles. The van der Waals surface area contributed by atoms with E-state index in [1.165, 1.54) is 0 Å². The predicted molar refractivity (Wildman–Crippen MR) is 158 cm³/mol. The molecular formula is C27H58N2O6OsSi2+2. The molecule has 1 aliphatic rings.